The molecule has 0 aliphatic heterocycles. The molecule has 0 saturated carbocycles. The van der Waals surface area contributed by atoms with Gasteiger partial charge in [0.05, 0.1) is 31.8 Å². The van der Waals surface area contributed by atoms with Gasteiger partial charge in [-0.05, 0) is 72.8 Å². The van der Waals surface area contributed by atoms with E-state index in [1.54, 1.807) is 0 Å². The summed E-state index contributed by atoms with van der Waals surface area (Å²) in [5.74, 6) is 0. The van der Waals surface area contributed by atoms with Crippen molar-refractivity contribution >= 4 is 68.1 Å². The minimum atomic E-state index is -2.34. The molecule has 6 aromatic rings. The monoisotopic (exact) mass is 718 g/mol. The summed E-state index contributed by atoms with van der Waals surface area (Å²) < 4.78 is 0. The van der Waals surface area contributed by atoms with E-state index in [1.807, 2.05) is 199 Å². The fourth-order valence-electron chi connectivity index (χ4n) is 5.12. The van der Waals surface area contributed by atoms with Crippen molar-refractivity contribution in [3.8, 4) is 0 Å². The molecule has 0 unspecified atom stereocenters. The van der Waals surface area contributed by atoms with E-state index >= 15 is 0 Å². The Kier molecular flexibility index (Phi) is 12.9. The molecule has 0 heterocycles. The van der Waals surface area contributed by atoms with Gasteiger partial charge >= 0.3 is 27.0 Å². The van der Waals surface area contributed by atoms with Gasteiger partial charge in [-0.25, -0.2) is 0 Å². The normalized spacial score (nSPS) is 10.7. The second kappa shape index (κ2) is 17.1. The van der Waals surface area contributed by atoms with E-state index in [1.165, 1.54) is 0 Å². The molecule has 6 aromatic carbocycles. The summed E-state index contributed by atoms with van der Waals surface area (Å²) in [6.45, 7) is 0. The van der Waals surface area contributed by atoms with Crippen molar-refractivity contribution in [1.29, 1.82) is 0 Å². The number of benzene rings is 6. The molecule has 0 amide bonds. The van der Waals surface area contributed by atoms with Crippen molar-refractivity contribution in [2.45, 2.75) is 0 Å². The van der Waals surface area contributed by atoms with Crippen molar-refractivity contribution in [2.75, 3.05) is 0 Å². The van der Waals surface area contributed by atoms with Crippen LogP contribution in [0.25, 0.3) is 0 Å². The van der Waals surface area contributed by atoms with Gasteiger partial charge in [0.15, 0.2) is 0 Å². The maximum atomic E-state index is 12.2. The first-order valence-electron chi connectivity index (χ1n) is 13.8. The van der Waals surface area contributed by atoms with Gasteiger partial charge in [-0.2, -0.15) is 0 Å². The molecule has 0 aromatic heterocycles. The first-order chi connectivity index (χ1) is 21.8. The fourth-order valence-corrected chi connectivity index (χ4v) is 11.3. The Morgan fingerprint density at radius 2 is 0.455 bits per heavy atom. The summed E-state index contributed by atoms with van der Waals surface area (Å²) in [6, 6.07) is 64.7. The predicted octanol–water partition coefficient (Wildman–Crippen LogP) is 6.78. The first-order valence-corrected chi connectivity index (χ1v) is 19.5. The van der Waals surface area contributed by atoms with Crippen molar-refractivity contribution in [1.82, 2.24) is 0 Å². The third-order valence-electron chi connectivity index (χ3n) is 7.13. The molecule has 218 valence electrons. The van der Waals surface area contributed by atoms with E-state index < -0.39 is 14.5 Å². The summed E-state index contributed by atoms with van der Waals surface area (Å²) in [7, 11) is -0.151. The van der Waals surface area contributed by atoms with Gasteiger partial charge < -0.3 is 9.59 Å². The van der Waals surface area contributed by atoms with Gasteiger partial charge in [-0.15, -0.1) is 0 Å². The number of halogens is 1. The zero-order valence-corrected chi connectivity index (χ0v) is 27.9. The minimum absolute atomic E-state index is 1.04. The zero-order valence-electron chi connectivity index (χ0n) is 23.7. The Bertz CT molecular complexity index is 1370. The van der Waals surface area contributed by atoms with Crippen molar-refractivity contribution in [3.63, 3.8) is 0 Å². The van der Waals surface area contributed by atoms with E-state index in [0.717, 1.165) is 31.8 Å². The summed E-state index contributed by atoms with van der Waals surface area (Å²) in [4.78, 5) is 24.3. The van der Waals surface area contributed by atoms with E-state index in [4.69, 9.17) is 0 Å². The zero-order chi connectivity index (χ0) is 31.1. The van der Waals surface area contributed by atoms with Crippen molar-refractivity contribution < 1.29 is 26.9 Å². The van der Waals surface area contributed by atoms with Crippen molar-refractivity contribution in [2.24, 2.45) is 0 Å². The number of carbonyl (C=O) groups excluding carboxylic acids is 2. The molecule has 0 bridgehead atoms. The number of hydrogen-bond donors (Lipinski definition) is 0. The molecular formula is C38H30ClO2P2Rh+2. The van der Waals surface area contributed by atoms with Crippen LogP contribution in [0.15, 0.2) is 182 Å². The Labute approximate surface area is 275 Å². The molecule has 44 heavy (non-hydrogen) atoms. The van der Waals surface area contributed by atoms with Crippen LogP contribution in [0.2, 0.25) is 0 Å². The molecule has 0 atom stereocenters. The fraction of sp³-hybridized carbons (Fsp3) is 0. The molecule has 0 saturated heterocycles. The molecule has 0 fully saturated rings. The van der Waals surface area contributed by atoms with Gasteiger partial charge in [0.1, 0.15) is 0 Å². The molecule has 0 radical (unpaired) electrons. The third kappa shape index (κ3) is 7.21. The van der Waals surface area contributed by atoms with Gasteiger partial charge in [0, 0.05) is 14.5 Å². The summed E-state index contributed by atoms with van der Waals surface area (Å²) in [5, 5.41) is 6.24. The molecule has 0 aliphatic rings. The molecule has 2 nitrogen and oxygen atoms in total. The van der Waals surface area contributed by atoms with Crippen molar-refractivity contribution in [3.05, 3.63) is 182 Å². The topological polar surface area (TPSA) is 34.1 Å². The van der Waals surface area contributed by atoms with E-state index in [-0.39, 0.29) is 0 Å². The van der Waals surface area contributed by atoms with Crippen LogP contribution in [0.5, 0.6) is 0 Å². The van der Waals surface area contributed by atoms with Crippen LogP contribution in [-0.4, -0.2) is 12.1 Å². The van der Waals surface area contributed by atoms with Crippen LogP contribution in [0.4, 0.5) is 0 Å². The molecular weight excluding hydrogens is 689 g/mol. The van der Waals surface area contributed by atoms with Crippen LogP contribution < -0.4 is 31.8 Å². The average molecular weight is 719 g/mol. The number of rotatable bonds is 8. The van der Waals surface area contributed by atoms with Gasteiger partial charge in [0.25, 0.3) is 0 Å². The predicted molar refractivity (Wildman–Crippen MR) is 188 cm³/mol. The van der Waals surface area contributed by atoms with Crippen LogP contribution in [-0.2, 0) is 26.9 Å². The summed E-state index contributed by atoms with van der Waals surface area (Å²) in [6.07, 6.45) is 0. The second-order valence-corrected chi connectivity index (χ2v) is 15.7. The Morgan fingerprint density at radius 3 is 0.568 bits per heavy atom. The summed E-state index contributed by atoms with van der Waals surface area (Å²) >= 11 is 2.02. The molecule has 0 spiro atoms. The van der Waals surface area contributed by atoms with Gasteiger partial charge in [-0.1, -0.05) is 121 Å². The third-order valence-corrected chi connectivity index (χ3v) is 14.1. The molecule has 0 N–H and O–H groups in total. The molecule has 6 rings (SSSR count). The quantitative estimate of drug-likeness (QED) is 0.0989. The van der Waals surface area contributed by atoms with Crippen LogP contribution >= 0.6 is 24.2 Å². The van der Waals surface area contributed by atoms with Gasteiger partial charge in [0.2, 0.25) is 0 Å². The Hall–Kier alpha value is -3.57. The molecule has 0 aliphatic carbocycles. The standard InChI is InChI=1S/2C19H15OP.ClH.Rh/c2*20-16-21(17-10-4-1-5-11-17,18-12-6-2-7-13-18)19-14-8-3-9-15-19;;/h2*1-15H;1H;/q;;;+3/p-1. The van der Waals surface area contributed by atoms with Crippen LogP contribution in [0, 0.1) is 0 Å². The number of hydrogen-bond acceptors (Lipinski definition) is 2. The Balaban J connectivity index is 0.000000190. The second-order valence-electron chi connectivity index (χ2n) is 9.54. The average Bonchev–Trinajstić information content (AvgIpc) is 3.13. The Morgan fingerprint density at radius 1 is 0.318 bits per heavy atom. The van der Waals surface area contributed by atoms with E-state index in [0.29, 0.717) is 0 Å². The van der Waals surface area contributed by atoms with Gasteiger partial charge in [-0.3, -0.25) is 0 Å². The SMILES string of the molecule is O=[C-][P+](c1ccccc1)(c1ccccc1)c1ccccc1.O=[C-][P+](c1ccccc1)(c1ccccc1)c1ccccc1.[Cl][Rh+2]. The molecule has 6 heteroatoms. The van der Waals surface area contributed by atoms with Crippen LogP contribution in [0.1, 0.15) is 0 Å². The van der Waals surface area contributed by atoms with E-state index in [2.05, 4.69) is 21.7 Å². The van der Waals surface area contributed by atoms with E-state index in [9.17, 15) is 9.59 Å². The summed E-state index contributed by atoms with van der Waals surface area (Å²) in [5.41, 5.74) is 0. The first kappa shape index (κ1) is 33.3. The van der Waals surface area contributed by atoms with Crippen LogP contribution in [0.3, 0.4) is 0 Å². The maximum absolute atomic E-state index is 12.2.